The third-order valence-electron chi connectivity index (χ3n) is 4.10. The van der Waals surface area contributed by atoms with Crippen LogP contribution in [0.25, 0.3) is 0 Å². The summed E-state index contributed by atoms with van der Waals surface area (Å²) >= 11 is 0. The molecule has 1 aliphatic carbocycles. The van der Waals surface area contributed by atoms with Crippen LogP contribution in [0.4, 0.5) is 0 Å². The first-order valence-electron chi connectivity index (χ1n) is 7.88. The van der Waals surface area contributed by atoms with Gasteiger partial charge in [-0.3, -0.25) is 4.79 Å². The van der Waals surface area contributed by atoms with Crippen molar-refractivity contribution in [3.8, 4) is 0 Å². The molecule has 0 aromatic carbocycles. The zero-order valence-corrected chi connectivity index (χ0v) is 13.1. The average Bonchev–Trinajstić information content (AvgIpc) is 2.41. The van der Waals surface area contributed by atoms with Crippen molar-refractivity contribution < 1.29 is 19.4 Å². The van der Waals surface area contributed by atoms with Crippen molar-refractivity contribution in [3.05, 3.63) is 0 Å². The highest BCUT2D eigenvalue weighted by Gasteiger charge is 2.29. The summed E-state index contributed by atoms with van der Waals surface area (Å²) in [6.07, 6.45) is 4.99. The van der Waals surface area contributed by atoms with Gasteiger partial charge in [0.25, 0.3) is 0 Å². The Morgan fingerprint density at radius 1 is 1.40 bits per heavy atom. The summed E-state index contributed by atoms with van der Waals surface area (Å²) in [5.41, 5.74) is 0. The van der Waals surface area contributed by atoms with Gasteiger partial charge >= 0.3 is 0 Å². The first kappa shape index (κ1) is 17.6. The second-order valence-corrected chi connectivity index (χ2v) is 6.08. The molecule has 1 fully saturated rings. The molecule has 0 aromatic rings. The van der Waals surface area contributed by atoms with Crippen LogP contribution in [0, 0.1) is 11.8 Å². The standard InChI is InChI=1S/C16H30O4/c1-4-5-13-6-7-16(18)14(8-13)9-15(17)11-20-12(2)10-19-3/h12-15,17H,4-11H2,1-3H3. The summed E-state index contributed by atoms with van der Waals surface area (Å²) in [6, 6.07) is 0. The van der Waals surface area contributed by atoms with Gasteiger partial charge in [-0.15, -0.1) is 0 Å². The van der Waals surface area contributed by atoms with Crippen LogP contribution in [-0.4, -0.2) is 43.4 Å². The number of methoxy groups -OCH3 is 1. The first-order valence-corrected chi connectivity index (χ1v) is 7.88. The Kier molecular flexibility index (Phi) is 8.34. The summed E-state index contributed by atoms with van der Waals surface area (Å²) in [7, 11) is 1.63. The van der Waals surface area contributed by atoms with E-state index in [1.54, 1.807) is 7.11 Å². The van der Waals surface area contributed by atoms with Crippen LogP contribution < -0.4 is 0 Å². The van der Waals surface area contributed by atoms with Gasteiger partial charge in [-0.2, -0.15) is 0 Å². The lowest BCUT2D eigenvalue weighted by Crippen LogP contribution is -2.31. The van der Waals surface area contributed by atoms with Gasteiger partial charge in [0.2, 0.25) is 0 Å². The van der Waals surface area contributed by atoms with Gasteiger partial charge in [0.1, 0.15) is 5.78 Å². The molecule has 0 amide bonds. The first-order chi connectivity index (χ1) is 9.56. The third-order valence-corrected chi connectivity index (χ3v) is 4.10. The van der Waals surface area contributed by atoms with E-state index in [1.807, 2.05) is 6.92 Å². The van der Waals surface area contributed by atoms with E-state index in [2.05, 4.69) is 6.92 Å². The zero-order chi connectivity index (χ0) is 15.0. The maximum absolute atomic E-state index is 11.9. The van der Waals surface area contributed by atoms with Gasteiger partial charge in [0, 0.05) is 19.4 Å². The number of Topliss-reactive ketones (excluding diaryl/α,β-unsaturated/α-hetero) is 1. The molecule has 0 aliphatic heterocycles. The Balaban J connectivity index is 2.31. The smallest absolute Gasteiger partial charge is 0.136 e. The van der Waals surface area contributed by atoms with E-state index in [9.17, 15) is 9.90 Å². The minimum Gasteiger partial charge on any atom is -0.391 e. The van der Waals surface area contributed by atoms with Gasteiger partial charge < -0.3 is 14.6 Å². The number of carbonyl (C=O) groups excluding carboxylic acids is 1. The van der Waals surface area contributed by atoms with Crippen molar-refractivity contribution in [3.63, 3.8) is 0 Å². The quantitative estimate of drug-likeness (QED) is 0.708. The fraction of sp³-hybridized carbons (Fsp3) is 0.938. The molecule has 1 saturated carbocycles. The number of carbonyl (C=O) groups is 1. The highest BCUT2D eigenvalue weighted by molar-refractivity contribution is 5.81. The van der Waals surface area contributed by atoms with Gasteiger partial charge in [-0.25, -0.2) is 0 Å². The zero-order valence-electron chi connectivity index (χ0n) is 13.1. The van der Waals surface area contributed by atoms with Crippen LogP contribution >= 0.6 is 0 Å². The molecule has 0 bridgehead atoms. The average molecular weight is 286 g/mol. The summed E-state index contributed by atoms with van der Waals surface area (Å²) in [5, 5.41) is 10.0. The van der Waals surface area contributed by atoms with E-state index in [0.29, 0.717) is 31.1 Å². The molecule has 4 heteroatoms. The Morgan fingerprint density at radius 3 is 2.80 bits per heavy atom. The molecule has 0 saturated heterocycles. The molecular weight excluding hydrogens is 256 g/mol. The Hall–Kier alpha value is -0.450. The molecule has 4 unspecified atom stereocenters. The highest BCUT2D eigenvalue weighted by Crippen LogP contribution is 2.32. The highest BCUT2D eigenvalue weighted by atomic mass is 16.5. The predicted octanol–water partition coefficient (Wildman–Crippen LogP) is 2.57. The van der Waals surface area contributed by atoms with Crippen LogP contribution in [-0.2, 0) is 14.3 Å². The summed E-state index contributed by atoms with van der Waals surface area (Å²) in [4.78, 5) is 11.9. The van der Waals surface area contributed by atoms with Crippen LogP contribution in [0.15, 0.2) is 0 Å². The van der Waals surface area contributed by atoms with E-state index in [1.165, 1.54) is 12.8 Å². The van der Waals surface area contributed by atoms with Crippen LogP contribution in [0.1, 0.15) is 52.4 Å². The van der Waals surface area contributed by atoms with Gasteiger partial charge in [-0.05, 0) is 32.1 Å². The van der Waals surface area contributed by atoms with Crippen LogP contribution in [0.3, 0.4) is 0 Å². The lowest BCUT2D eigenvalue weighted by Gasteiger charge is -2.29. The number of ether oxygens (including phenoxy) is 2. The van der Waals surface area contributed by atoms with Gasteiger partial charge in [0.15, 0.2) is 0 Å². The summed E-state index contributed by atoms with van der Waals surface area (Å²) in [5.74, 6) is 1.00. The van der Waals surface area contributed by atoms with E-state index >= 15 is 0 Å². The van der Waals surface area contributed by atoms with Crippen molar-refractivity contribution in [2.75, 3.05) is 20.3 Å². The van der Waals surface area contributed by atoms with Crippen molar-refractivity contribution in [1.29, 1.82) is 0 Å². The van der Waals surface area contributed by atoms with Crippen molar-refractivity contribution in [2.45, 2.75) is 64.6 Å². The molecule has 118 valence electrons. The molecule has 1 N–H and O–H groups in total. The van der Waals surface area contributed by atoms with Crippen molar-refractivity contribution in [2.24, 2.45) is 11.8 Å². The van der Waals surface area contributed by atoms with E-state index in [0.717, 1.165) is 12.8 Å². The number of aliphatic hydroxyl groups is 1. The van der Waals surface area contributed by atoms with Gasteiger partial charge in [-0.1, -0.05) is 19.8 Å². The number of hydrogen-bond donors (Lipinski definition) is 1. The SMILES string of the molecule is CCCC1CCC(=O)C(CC(O)COC(C)COC)C1. The fourth-order valence-electron chi connectivity index (χ4n) is 3.05. The lowest BCUT2D eigenvalue weighted by atomic mass is 9.76. The molecule has 0 spiro atoms. The number of rotatable bonds is 9. The maximum atomic E-state index is 11.9. The molecule has 4 nitrogen and oxygen atoms in total. The van der Waals surface area contributed by atoms with Gasteiger partial charge in [0.05, 0.1) is 25.4 Å². The molecule has 4 atom stereocenters. The fourth-order valence-corrected chi connectivity index (χ4v) is 3.05. The predicted molar refractivity (Wildman–Crippen MR) is 78.7 cm³/mol. The topological polar surface area (TPSA) is 55.8 Å². The van der Waals surface area contributed by atoms with Crippen LogP contribution in [0.2, 0.25) is 0 Å². The lowest BCUT2D eigenvalue weighted by molar-refractivity contribution is -0.127. The Morgan fingerprint density at radius 2 is 2.15 bits per heavy atom. The van der Waals surface area contributed by atoms with Crippen LogP contribution in [0.5, 0.6) is 0 Å². The second-order valence-electron chi connectivity index (χ2n) is 6.08. The molecule has 20 heavy (non-hydrogen) atoms. The maximum Gasteiger partial charge on any atom is 0.136 e. The third kappa shape index (κ3) is 6.33. The number of ketones is 1. The molecule has 0 heterocycles. The van der Waals surface area contributed by atoms with E-state index in [4.69, 9.17) is 9.47 Å². The molecule has 0 radical (unpaired) electrons. The summed E-state index contributed by atoms with van der Waals surface area (Å²) < 4.78 is 10.5. The van der Waals surface area contributed by atoms with E-state index in [-0.39, 0.29) is 18.6 Å². The molecule has 0 aromatic heterocycles. The Labute approximate surface area is 122 Å². The minimum atomic E-state index is -0.552. The number of hydrogen-bond acceptors (Lipinski definition) is 4. The monoisotopic (exact) mass is 286 g/mol. The largest absolute Gasteiger partial charge is 0.391 e. The molecular formula is C16H30O4. The second kappa shape index (κ2) is 9.48. The summed E-state index contributed by atoms with van der Waals surface area (Å²) in [6.45, 7) is 4.91. The Bertz CT molecular complexity index is 280. The minimum absolute atomic E-state index is 0.0236. The van der Waals surface area contributed by atoms with Crippen molar-refractivity contribution >= 4 is 5.78 Å². The number of aliphatic hydroxyl groups excluding tert-OH is 1. The molecule has 1 aliphatic rings. The molecule has 1 rings (SSSR count). The van der Waals surface area contributed by atoms with E-state index < -0.39 is 6.10 Å². The normalized spacial score (nSPS) is 26.5. The van der Waals surface area contributed by atoms with Crippen molar-refractivity contribution in [1.82, 2.24) is 0 Å².